The Kier molecular flexibility index (Phi) is 7.24. The first-order chi connectivity index (χ1) is 18.5. The molecule has 0 aliphatic heterocycles. The van der Waals surface area contributed by atoms with E-state index in [1.807, 2.05) is 71.2 Å². The Morgan fingerprint density at radius 1 is 0.947 bits per heavy atom. The van der Waals surface area contributed by atoms with Crippen molar-refractivity contribution < 1.29 is 14.2 Å². The molecule has 5 rings (SSSR count). The Hall–Kier alpha value is -4.05. The zero-order valence-electron chi connectivity index (χ0n) is 22.2. The van der Waals surface area contributed by atoms with Crippen LogP contribution in [0.1, 0.15) is 31.4 Å². The molecule has 0 radical (unpaired) electrons. The number of hydrogen-bond acceptors (Lipinski definition) is 7. The average molecular weight is 534 g/mol. The highest BCUT2D eigenvalue weighted by Gasteiger charge is 2.20. The highest BCUT2D eigenvalue weighted by molar-refractivity contribution is 7.07. The van der Waals surface area contributed by atoms with E-state index in [1.54, 1.807) is 26.0 Å². The first-order valence-electron chi connectivity index (χ1n) is 12.4. The van der Waals surface area contributed by atoms with E-state index >= 15 is 0 Å². The molecule has 1 aliphatic carbocycles. The second-order valence-corrected chi connectivity index (χ2v) is 9.86. The quantitative estimate of drug-likeness (QED) is 0.333. The lowest BCUT2D eigenvalue weighted by molar-refractivity contribution is 0.324. The molecular formula is C28H31N5O4S. The normalized spacial score (nSPS) is 13.7. The molecule has 38 heavy (non-hydrogen) atoms. The SMILES string of the molecule is COc1cc(-c2csc(=Nc3c(C)n(C)n(-c4ccccc4)c3=O)n2N=C2CCCC2)cc(OC)c1OC. The molecule has 1 saturated carbocycles. The second-order valence-electron chi connectivity index (χ2n) is 9.02. The van der Waals surface area contributed by atoms with Gasteiger partial charge in [0, 0.05) is 23.7 Å². The molecular weight excluding hydrogens is 502 g/mol. The van der Waals surface area contributed by atoms with Gasteiger partial charge in [-0.15, -0.1) is 11.3 Å². The first-order valence-corrected chi connectivity index (χ1v) is 13.3. The van der Waals surface area contributed by atoms with Gasteiger partial charge in [0.2, 0.25) is 10.6 Å². The summed E-state index contributed by atoms with van der Waals surface area (Å²) in [5.74, 6) is 1.63. The summed E-state index contributed by atoms with van der Waals surface area (Å²) in [7, 11) is 6.64. The van der Waals surface area contributed by atoms with E-state index in [2.05, 4.69) is 0 Å². The summed E-state index contributed by atoms with van der Waals surface area (Å²) < 4.78 is 22.0. The van der Waals surface area contributed by atoms with Crippen molar-refractivity contribution in [1.82, 2.24) is 14.0 Å². The summed E-state index contributed by atoms with van der Waals surface area (Å²) in [5.41, 5.74) is 4.53. The van der Waals surface area contributed by atoms with Crippen LogP contribution in [0.25, 0.3) is 16.9 Å². The van der Waals surface area contributed by atoms with Crippen molar-refractivity contribution in [2.45, 2.75) is 32.6 Å². The van der Waals surface area contributed by atoms with E-state index in [1.165, 1.54) is 11.3 Å². The largest absolute Gasteiger partial charge is 0.493 e. The van der Waals surface area contributed by atoms with Crippen molar-refractivity contribution >= 4 is 22.7 Å². The Morgan fingerprint density at radius 3 is 2.21 bits per heavy atom. The number of benzene rings is 2. The van der Waals surface area contributed by atoms with Gasteiger partial charge in [-0.25, -0.2) is 14.4 Å². The number of para-hydroxylation sites is 1. The maximum atomic E-state index is 13.5. The fourth-order valence-corrected chi connectivity index (χ4v) is 5.54. The van der Waals surface area contributed by atoms with Crippen molar-refractivity contribution in [3.8, 4) is 34.2 Å². The van der Waals surface area contributed by atoms with E-state index < -0.39 is 0 Å². The maximum Gasteiger partial charge on any atom is 0.297 e. The molecule has 0 bridgehead atoms. The standard InChI is InChI=1S/C28H31N5O4S/c1-18-25(27(34)33(31(18)2)21-13-7-6-8-14-21)29-28-32(30-20-11-9-10-12-20)22(17-38-28)19-15-23(35-3)26(37-5)24(16-19)36-4/h6-8,13-17H,9-12H2,1-5H3. The number of nitrogens with zero attached hydrogens (tertiary/aromatic N) is 5. The Labute approximate surface area is 224 Å². The molecule has 4 aromatic rings. The van der Waals surface area contributed by atoms with Crippen LogP contribution < -0.4 is 24.6 Å². The molecule has 2 aromatic carbocycles. The predicted octanol–water partition coefficient (Wildman–Crippen LogP) is 5.05. The van der Waals surface area contributed by atoms with Gasteiger partial charge >= 0.3 is 0 Å². The van der Waals surface area contributed by atoms with Gasteiger partial charge < -0.3 is 14.2 Å². The van der Waals surface area contributed by atoms with E-state index in [0.29, 0.717) is 27.7 Å². The summed E-state index contributed by atoms with van der Waals surface area (Å²) in [5, 5.41) is 7.00. The number of rotatable bonds is 7. The van der Waals surface area contributed by atoms with E-state index in [0.717, 1.165) is 54.0 Å². The molecule has 10 heteroatoms. The average Bonchev–Trinajstić information content (AvgIpc) is 3.65. The Bertz CT molecular complexity index is 1590. The van der Waals surface area contributed by atoms with Crippen molar-refractivity contribution in [3.05, 3.63) is 68.7 Å². The summed E-state index contributed by atoms with van der Waals surface area (Å²) in [4.78, 5) is 19.0. The molecule has 0 N–H and O–H groups in total. The molecule has 2 heterocycles. The van der Waals surface area contributed by atoms with Crippen LogP contribution in [0.5, 0.6) is 17.2 Å². The summed E-state index contributed by atoms with van der Waals surface area (Å²) in [6.07, 6.45) is 4.13. The van der Waals surface area contributed by atoms with Crippen molar-refractivity contribution in [1.29, 1.82) is 0 Å². The number of hydrogen-bond donors (Lipinski definition) is 0. The molecule has 0 unspecified atom stereocenters. The van der Waals surface area contributed by atoms with Crippen LogP contribution in [0.2, 0.25) is 0 Å². The van der Waals surface area contributed by atoms with Gasteiger partial charge in [-0.2, -0.15) is 5.10 Å². The van der Waals surface area contributed by atoms with Crippen LogP contribution in [-0.2, 0) is 7.05 Å². The zero-order chi connectivity index (χ0) is 26.8. The number of ether oxygens (including phenoxy) is 3. The fraction of sp³-hybridized carbons (Fsp3) is 0.321. The summed E-state index contributed by atoms with van der Waals surface area (Å²) in [6, 6.07) is 13.4. The molecule has 1 aliphatic rings. The van der Waals surface area contributed by atoms with Crippen LogP contribution in [-0.4, -0.2) is 41.1 Å². The van der Waals surface area contributed by atoms with Crippen molar-refractivity contribution in [2.24, 2.45) is 17.1 Å². The van der Waals surface area contributed by atoms with Gasteiger partial charge in [-0.1, -0.05) is 18.2 Å². The van der Waals surface area contributed by atoms with Crippen molar-refractivity contribution in [2.75, 3.05) is 21.3 Å². The zero-order valence-corrected chi connectivity index (χ0v) is 23.0. The molecule has 1 fully saturated rings. The third-order valence-corrected chi connectivity index (χ3v) is 7.62. The summed E-state index contributed by atoms with van der Waals surface area (Å²) >= 11 is 1.43. The lowest BCUT2D eigenvalue weighted by atomic mass is 10.1. The molecule has 198 valence electrons. The third-order valence-electron chi connectivity index (χ3n) is 6.80. The first kappa shape index (κ1) is 25.6. The molecule has 2 aromatic heterocycles. The van der Waals surface area contributed by atoms with Gasteiger partial charge in [0.15, 0.2) is 17.2 Å². The molecule has 9 nitrogen and oxygen atoms in total. The lowest BCUT2D eigenvalue weighted by Gasteiger charge is -2.14. The van der Waals surface area contributed by atoms with Crippen LogP contribution in [0.4, 0.5) is 5.69 Å². The Balaban J connectivity index is 1.73. The fourth-order valence-electron chi connectivity index (χ4n) is 4.70. The van der Waals surface area contributed by atoms with E-state index in [9.17, 15) is 4.79 Å². The monoisotopic (exact) mass is 533 g/mol. The Morgan fingerprint density at radius 2 is 1.61 bits per heavy atom. The van der Waals surface area contributed by atoms with Crippen LogP contribution in [0.3, 0.4) is 0 Å². The van der Waals surface area contributed by atoms with E-state index in [-0.39, 0.29) is 5.56 Å². The minimum atomic E-state index is -0.181. The molecule has 0 atom stereocenters. The lowest BCUT2D eigenvalue weighted by Crippen LogP contribution is -2.20. The van der Waals surface area contributed by atoms with Gasteiger partial charge in [0.1, 0.15) is 0 Å². The summed E-state index contributed by atoms with van der Waals surface area (Å²) in [6.45, 7) is 1.90. The van der Waals surface area contributed by atoms with Crippen LogP contribution in [0.15, 0.2) is 62.7 Å². The van der Waals surface area contributed by atoms with E-state index in [4.69, 9.17) is 24.3 Å². The predicted molar refractivity (Wildman–Crippen MR) is 150 cm³/mol. The van der Waals surface area contributed by atoms with Gasteiger partial charge in [0.05, 0.1) is 38.4 Å². The highest BCUT2D eigenvalue weighted by atomic mass is 32.1. The second kappa shape index (κ2) is 10.7. The van der Waals surface area contributed by atoms with Crippen LogP contribution in [0, 0.1) is 6.92 Å². The number of methoxy groups -OCH3 is 3. The maximum absolute atomic E-state index is 13.5. The van der Waals surface area contributed by atoms with Gasteiger partial charge in [0.25, 0.3) is 5.56 Å². The minimum Gasteiger partial charge on any atom is -0.493 e. The van der Waals surface area contributed by atoms with Crippen molar-refractivity contribution in [3.63, 3.8) is 0 Å². The molecule has 0 saturated heterocycles. The molecule has 0 amide bonds. The van der Waals surface area contributed by atoms with Gasteiger partial charge in [-0.3, -0.25) is 9.48 Å². The van der Waals surface area contributed by atoms with Gasteiger partial charge in [-0.05, 0) is 56.9 Å². The smallest absolute Gasteiger partial charge is 0.297 e. The molecule has 0 spiro atoms. The topological polar surface area (TPSA) is 84.3 Å². The highest BCUT2D eigenvalue weighted by Crippen LogP contribution is 2.41. The number of aromatic nitrogens is 3. The minimum absolute atomic E-state index is 0.181. The van der Waals surface area contributed by atoms with Crippen LogP contribution >= 0.6 is 11.3 Å². The third kappa shape index (κ3) is 4.56. The number of thiazole rings is 1.